The molecule has 0 aromatic rings. The summed E-state index contributed by atoms with van der Waals surface area (Å²) in [6.07, 6.45) is 2.31. The molecule has 0 aromatic carbocycles. The fourth-order valence-electron chi connectivity index (χ4n) is 0.427. The van der Waals surface area contributed by atoms with Crippen LogP contribution in [0, 0.1) is 0 Å². The summed E-state index contributed by atoms with van der Waals surface area (Å²) in [5, 5.41) is 11.3. The van der Waals surface area contributed by atoms with Gasteiger partial charge in [0.1, 0.15) is 0 Å². The standard InChI is InChI=1S/C6H12ClNO/c1-2-4-8-6(7)3-5-9/h2,6,8-9H,1,3-5H2. The first-order valence-electron chi connectivity index (χ1n) is 2.90. The van der Waals surface area contributed by atoms with Gasteiger partial charge in [-0.2, -0.15) is 0 Å². The molecule has 1 atom stereocenters. The topological polar surface area (TPSA) is 32.3 Å². The number of hydrogen-bond acceptors (Lipinski definition) is 2. The quantitative estimate of drug-likeness (QED) is 0.343. The van der Waals surface area contributed by atoms with Crippen molar-refractivity contribution in [2.45, 2.75) is 11.9 Å². The summed E-state index contributed by atoms with van der Waals surface area (Å²) in [7, 11) is 0. The van der Waals surface area contributed by atoms with Gasteiger partial charge in [-0.1, -0.05) is 6.08 Å². The van der Waals surface area contributed by atoms with Gasteiger partial charge in [0, 0.05) is 13.2 Å². The van der Waals surface area contributed by atoms with Crippen LogP contribution in [0.2, 0.25) is 0 Å². The van der Waals surface area contributed by atoms with Crippen LogP contribution >= 0.6 is 11.6 Å². The molecular weight excluding hydrogens is 138 g/mol. The van der Waals surface area contributed by atoms with Crippen LogP contribution in [-0.4, -0.2) is 23.8 Å². The van der Waals surface area contributed by atoms with Gasteiger partial charge in [-0.15, -0.1) is 18.2 Å². The second-order valence-corrected chi connectivity index (χ2v) is 2.20. The number of alkyl halides is 1. The molecular formula is C6H12ClNO. The summed E-state index contributed by atoms with van der Waals surface area (Å²) >= 11 is 5.64. The summed E-state index contributed by atoms with van der Waals surface area (Å²) in [6.45, 7) is 4.32. The van der Waals surface area contributed by atoms with Gasteiger partial charge in [-0.25, -0.2) is 0 Å². The Morgan fingerprint density at radius 1 is 1.78 bits per heavy atom. The molecule has 0 spiro atoms. The minimum atomic E-state index is -0.131. The molecule has 0 bridgehead atoms. The highest BCUT2D eigenvalue weighted by atomic mass is 35.5. The molecule has 0 radical (unpaired) electrons. The van der Waals surface area contributed by atoms with E-state index in [1.165, 1.54) is 0 Å². The molecule has 0 aliphatic heterocycles. The molecule has 0 saturated heterocycles. The Bertz CT molecular complexity index is 77.5. The summed E-state index contributed by atoms with van der Waals surface area (Å²) in [5.41, 5.74) is -0.131. The van der Waals surface area contributed by atoms with Gasteiger partial charge in [0.25, 0.3) is 0 Å². The Kier molecular flexibility index (Phi) is 6.04. The van der Waals surface area contributed by atoms with Gasteiger partial charge in [0.2, 0.25) is 0 Å². The zero-order chi connectivity index (χ0) is 7.11. The van der Waals surface area contributed by atoms with E-state index in [2.05, 4.69) is 11.9 Å². The molecule has 0 fully saturated rings. The average molecular weight is 150 g/mol. The Labute approximate surface area is 60.5 Å². The Morgan fingerprint density at radius 3 is 2.89 bits per heavy atom. The van der Waals surface area contributed by atoms with Crippen LogP contribution in [0.3, 0.4) is 0 Å². The average Bonchev–Trinajstić information content (AvgIpc) is 1.85. The number of aliphatic hydroxyl groups excluding tert-OH is 1. The molecule has 0 aliphatic carbocycles. The molecule has 2 N–H and O–H groups in total. The lowest BCUT2D eigenvalue weighted by molar-refractivity contribution is 0.281. The van der Waals surface area contributed by atoms with Crippen molar-refractivity contribution in [2.24, 2.45) is 0 Å². The maximum absolute atomic E-state index is 8.39. The molecule has 2 nitrogen and oxygen atoms in total. The third-order valence-corrected chi connectivity index (χ3v) is 1.24. The Hall–Kier alpha value is -0.0500. The molecule has 0 aromatic heterocycles. The zero-order valence-electron chi connectivity index (χ0n) is 5.31. The number of hydrogen-bond donors (Lipinski definition) is 2. The van der Waals surface area contributed by atoms with Crippen LogP contribution in [0.5, 0.6) is 0 Å². The van der Waals surface area contributed by atoms with Crippen molar-refractivity contribution in [3.05, 3.63) is 12.7 Å². The predicted octanol–water partition coefficient (Wildman–Crippen LogP) is 0.709. The van der Waals surface area contributed by atoms with Gasteiger partial charge < -0.3 is 5.11 Å². The summed E-state index contributed by atoms with van der Waals surface area (Å²) in [4.78, 5) is 0. The first-order valence-corrected chi connectivity index (χ1v) is 3.34. The van der Waals surface area contributed by atoms with E-state index in [4.69, 9.17) is 16.7 Å². The Morgan fingerprint density at radius 2 is 2.44 bits per heavy atom. The van der Waals surface area contributed by atoms with Crippen molar-refractivity contribution >= 4 is 11.6 Å². The second-order valence-electron chi connectivity index (χ2n) is 1.68. The minimum absolute atomic E-state index is 0.123. The van der Waals surface area contributed by atoms with E-state index in [1.54, 1.807) is 6.08 Å². The van der Waals surface area contributed by atoms with Crippen molar-refractivity contribution in [1.29, 1.82) is 0 Å². The maximum Gasteiger partial charge on any atom is 0.0849 e. The third-order valence-electron chi connectivity index (χ3n) is 0.866. The van der Waals surface area contributed by atoms with E-state index < -0.39 is 0 Å². The van der Waals surface area contributed by atoms with Gasteiger partial charge in [0.15, 0.2) is 0 Å². The second kappa shape index (κ2) is 6.08. The fraction of sp³-hybridized carbons (Fsp3) is 0.667. The third kappa shape index (κ3) is 5.83. The smallest absolute Gasteiger partial charge is 0.0849 e. The summed E-state index contributed by atoms with van der Waals surface area (Å²) in [5.74, 6) is 0. The monoisotopic (exact) mass is 149 g/mol. The fourth-order valence-corrected chi connectivity index (χ4v) is 0.613. The van der Waals surface area contributed by atoms with Crippen molar-refractivity contribution in [1.82, 2.24) is 5.32 Å². The van der Waals surface area contributed by atoms with Crippen molar-refractivity contribution in [2.75, 3.05) is 13.2 Å². The van der Waals surface area contributed by atoms with E-state index in [9.17, 15) is 0 Å². The molecule has 9 heavy (non-hydrogen) atoms. The van der Waals surface area contributed by atoms with Crippen LogP contribution in [0.4, 0.5) is 0 Å². The van der Waals surface area contributed by atoms with Gasteiger partial charge >= 0.3 is 0 Å². The zero-order valence-corrected chi connectivity index (χ0v) is 6.06. The minimum Gasteiger partial charge on any atom is -0.396 e. The van der Waals surface area contributed by atoms with Gasteiger partial charge in [-0.05, 0) is 6.42 Å². The van der Waals surface area contributed by atoms with E-state index in [0.717, 1.165) is 0 Å². The number of halogens is 1. The summed E-state index contributed by atoms with van der Waals surface area (Å²) in [6, 6.07) is 0. The first-order chi connectivity index (χ1) is 4.31. The highest BCUT2D eigenvalue weighted by Gasteiger charge is 1.98. The van der Waals surface area contributed by atoms with Crippen molar-refractivity contribution < 1.29 is 5.11 Å². The normalized spacial score (nSPS) is 13.1. The lowest BCUT2D eigenvalue weighted by atomic mass is 10.4. The number of rotatable bonds is 5. The molecule has 0 amide bonds. The predicted molar refractivity (Wildman–Crippen MR) is 39.5 cm³/mol. The van der Waals surface area contributed by atoms with Crippen LogP contribution in [0.25, 0.3) is 0 Å². The molecule has 0 heterocycles. The van der Waals surface area contributed by atoms with Crippen molar-refractivity contribution in [3.8, 4) is 0 Å². The van der Waals surface area contributed by atoms with E-state index in [1.807, 2.05) is 0 Å². The van der Waals surface area contributed by atoms with Crippen molar-refractivity contribution in [3.63, 3.8) is 0 Å². The van der Waals surface area contributed by atoms with E-state index in [0.29, 0.717) is 13.0 Å². The molecule has 54 valence electrons. The number of nitrogens with one attached hydrogen (secondary N) is 1. The van der Waals surface area contributed by atoms with E-state index >= 15 is 0 Å². The van der Waals surface area contributed by atoms with Crippen LogP contribution in [0.1, 0.15) is 6.42 Å². The lowest BCUT2D eigenvalue weighted by Gasteiger charge is -2.06. The van der Waals surface area contributed by atoms with E-state index in [-0.39, 0.29) is 12.1 Å². The maximum atomic E-state index is 8.39. The first kappa shape index (κ1) is 8.95. The van der Waals surface area contributed by atoms with Crippen LogP contribution in [-0.2, 0) is 0 Å². The SMILES string of the molecule is C=CCNC(Cl)CCO. The molecule has 0 aliphatic rings. The van der Waals surface area contributed by atoms with Crippen LogP contribution in [0.15, 0.2) is 12.7 Å². The lowest BCUT2D eigenvalue weighted by Crippen LogP contribution is -2.24. The highest BCUT2D eigenvalue weighted by molar-refractivity contribution is 6.20. The molecule has 3 heteroatoms. The van der Waals surface area contributed by atoms with Gasteiger partial charge in [0.05, 0.1) is 5.50 Å². The molecule has 1 unspecified atom stereocenters. The number of aliphatic hydroxyl groups is 1. The van der Waals surface area contributed by atoms with Crippen LogP contribution < -0.4 is 5.32 Å². The highest BCUT2D eigenvalue weighted by Crippen LogP contribution is 1.94. The largest absolute Gasteiger partial charge is 0.396 e. The Balaban J connectivity index is 3.04. The summed E-state index contributed by atoms with van der Waals surface area (Å²) < 4.78 is 0. The molecule has 0 saturated carbocycles. The molecule has 0 rings (SSSR count). The van der Waals surface area contributed by atoms with Gasteiger partial charge in [-0.3, -0.25) is 5.32 Å².